The molecular weight excluding hydrogens is 234 g/mol. The van der Waals surface area contributed by atoms with Crippen molar-refractivity contribution in [3.63, 3.8) is 0 Å². The number of aromatic nitrogens is 1. The summed E-state index contributed by atoms with van der Waals surface area (Å²) in [5.74, 6) is 0.871. The third-order valence-electron chi connectivity index (χ3n) is 2.18. The molecule has 0 bridgehead atoms. The Hall–Kier alpha value is -0.800. The number of nitrogens with zero attached hydrogens (tertiary/aromatic N) is 1. The second-order valence-electron chi connectivity index (χ2n) is 5.21. The van der Waals surface area contributed by atoms with Gasteiger partial charge in [-0.05, 0) is 45.4 Å². The van der Waals surface area contributed by atoms with Gasteiger partial charge in [-0.2, -0.15) is 0 Å². The molecule has 0 unspecified atom stereocenters. The zero-order valence-corrected chi connectivity index (χ0v) is 11.9. The van der Waals surface area contributed by atoms with E-state index >= 15 is 0 Å². The van der Waals surface area contributed by atoms with Crippen LogP contribution in [0.3, 0.4) is 0 Å². The molecule has 2 N–H and O–H groups in total. The van der Waals surface area contributed by atoms with Crippen molar-refractivity contribution in [1.29, 1.82) is 0 Å². The van der Waals surface area contributed by atoms with Crippen LogP contribution in [0, 0.1) is 0 Å². The van der Waals surface area contributed by atoms with Gasteiger partial charge >= 0.3 is 0 Å². The first kappa shape index (κ1) is 14.3. The molecule has 0 radical (unpaired) electrons. The molecule has 0 fully saturated rings. The fourth-order valence-electron chi connectivity index (χ4n) is 1.47. The number of pyridine rings is 1. The van der Waals surface area contributed by atoms with Gasteiger partial charge in [-0.1, -0.05) is 18.5 Å². The van der Waals surface area contributed by atoms with Crippen LogP contribution in [0.25, 0.3) is 0 Å². The molecule has 1 heterocycles. The lowest BCUT2D eigenvalue weighted by Gasteiger charge is -2.21. The van der Waals surface area contributed by atoms with E-state index in [2.05, 4.69) is 43.3 Å². The smallest absolute Gasteiger partial charge is 0.126 e. The monoisotopic (exact) mass is 255 g/mol. The SMILES string of the molecule is CCCNCc1cc(NC(C)(C)C)ncc1Cl. The van der Waals surface area contributed by atoms with Crippen LogP contribution in [0.5, 0.6) is 0 Å². The molecule has 0 atom stereocenters. The third-order valence-corrected chi connectivity index (χ3v) is 2.52. The van der Waals surface area contributed by atoms with Crippen LogP contribution in [0.4, 0.5) is 5.82 Å². The maximum absolute atomic E-state index is 6.12. The maximum atomic E-state index is 6.12. The molecule has 0 aromatic carbocycles. The van der Waals surface area contributed by atoms with Crippen molar-refractivity contribution in [2.45, 2.75) is 46.2 Å². The lowest BCUT2D eigenvalue weighted by Crippen LogP contribution is -2.26. The highest BCUT2D eigenvalue weighted by Gasteiger charge is 2.11. The quantitative estimate of drug-likeness (QED) is 0.792. The van der Waals surface area contributed by atoms with Gasteiger partial charge in [0.25, 0.3) is 0 Å². The highest BCUT2D eigenvalue weighted by molar-refractivity contribution is 6.31. The first-order chi connectivity index (χ1) is 7.92. The summed E-state index contributed by atoms with van der Waals surface area (Å²) in [5, 5.41) is 7.40. The number of nitrogens with one attached hydrogen (secondary N) is 2. The lowest BCUT2D eigenvalue weighted by atomic mass is 10.1. The van der Waals surface area contributed by atoms with Crippen molar-refractivity contribution in [3.8, 4) is 0 Å². The van der Waals surface area contributed by atoms with Crippen LogP contribution in [0.2, 0.25) is 5.02 Å². The molecule has 0 spiro atoms. The molecule has 3 nitrogen and oxygen atoms in total. The van der Waals surface area contributed by atoms with E-state index in [1.165, 1.54) is 0 Å². The van der Waals surface area contributed by atoms with E-state index in [-0.39, 0.29) is 5.54 Å². The van der Waals surface area contributed by atoms with Gasteiger partial charge in [0.2, 0.25) is 0 Å². The minimum Gasteiger partial charge on any atom is -0.365 e. The summed E-state index contributed by atoms with van der Waals surface area (Å²) in [4.78, 5) is 4.28. The Morgan fingerprint density at radius 3 is 2.65 bits per heavy atom. The van der Waals surface area contributed by atoms with E-state index in [4.69, 9.17) is 11.6 Å². The summed E-state index contributed by atoms with van der Waals surface area (Å²) in [6.07, 6.45) is 2.83. The molecule has 96 valence electrons. The first-order valence-electron chi connectivity index (χ1n) is 6.05. The van der Waals surface area contributed by atoms with Gasteiger partial charge in [-0.3, -0.25) is 0 Å². The van der Waals surface area contributed by atoms with E-state index in [1.54, 1.807) is 6.20 Å². The molecule has 17 heavy (non-hydrogen) atoms. The standard InChI is InChI=1S/C13H22ClN3/c1-5-6-15-8-10-7-12(16-9-11(10)14)17-13(2,3)4/h7,9,15H,5-6,8H2,1-4H3,(H,16,17). The predicted molar refractivity (Wildman–Crippen MR) is 74.6 cm³/mol. The van der Waals surface area contributed by atoms with Gasteiger partial charge in [0.1, 0.15) is 5.82 Å². The van der Waals surface area contributed by atoms with Crippen molar-refractivity contribution >= 4 is 17.4 Å². The second-order valence-corrected chi connectivity index (χ2v) is 5.62. The highest BCUT2D eigenvalue weighted by atomic mass is 35.5. The minimum atomic E-state index is 0.00888. The third kappa shape index (κ3) is 5.37. The van der Waals surface area contributed by atoms with E-state index in [0.29, 0.717) is 5.02 Å². The number of anilines is 1. The van der Waals surface area contributed by atoms with Gasteiger partial charge in [0.15, 0.2) is 0 Å². The van der Waals surface area contributed by atoms with Crippen LogP contribution >= 0.6 is 11.6 Å². The Morgan fingerprint density at radius 2 is 2.06 bits per heavy atom. The van der Waals surface area contributed by atoms with Crippen molar-refractivity contribution in [2.75, 3.05) is 11.9 Å². The maximum Gasteiger partial charge on any atom is 0.126 e. The molecule has 1 aromatic rings. The number of halogens is 1. The molecule has 0 aliphatic rings. The Balaban J connectivity index is 2.72. The summed E-state index contributed by atoms with van der Waals surface area (Å²) in [5.41, 5.74) is 1.09. The minimum absolute atomic E-state index is 0.00888. The van der Waals surface area contributed by atoms with E-state index in [1.807, 2.05) is 6.07 Å². The average molecular weight is 256 g/mol. The summed E-state index contributed by atoms with van der Waals surface area (Å²) < 4.78 is 0. The summed E-state index contributed by atoms with van der Waals surface area (Å²) in [6, 6.07) is 2.01. The lowest BCUT2D eigenvalue weighted by molar-refractivity contribution is 0.629. The molecule has 1 rings (SSSR count). The molecule has 0 aliphatic carbocycles. The second kappa shape index (κ2) is 6.22. The predicted octanol–water partition coefficient (Wildman–Crippen LogP) is 3.45. The van der Waals surface area contributed by atoms with E-state index < -0.39 is 0 Å². The zero-order chi connectivity index (χ0) is 12.9. The summed E-state index contributed by atoms with van der Waals surface area (Å²) >= 11 is 6.12. The molecule has 0 saturated carbocycles. The van der Waals surface area contributed by atoms with Gasteiger partial charge in [0.05, 0.1) is 5.02 Å². The molecule has 0 aliphatic heterocycles. The number of hydrogen-bond donors (Lipinski definition) is 2. The fourth-order valence-corrected chi connectivity index (χ4v) is 1.64. The van der Waals surface area contributed by atoms with E-state index in [0.717, 1.165) is 30.9 Å². The summed E-state index contributed by atoms with van der Waals surface area (Å²) in [6.45, 7) is 10.3. The van der Waals surface area contributed by atoms with Gasteiger partial charge in [0, 0.05) is 18.3 Å². The topological polar surface area (TPSA) is 37.0 Å². The van der Waals surface area contributed by atoms with Crippen LogP contribution in [-0.4, -0.2) is 17.1 Å². The first-order valence-corrected chi connectivity index (χ1v) is 6.43. The Bertz CT molecular complexity index is 358. The summed E-state index contributed by atoms with van der Waals surface area (Å²) in [7, 11) is 0. The Kier molecular flexibility index (Phi) is 5.22. The van der Waals surface area contributed by atoms with Crippen molar-refractivity contribution in [2.24, 2.45) is 0 Å². The van der Waals surface area contributed by atoms with Gasteiger partial charge < -0.3 is 10.6 Å². The fraction of sp³-hybridized carbons (Fsp3) is 0.615. The molecule has 4 heteroatoms. The largest absolute Gasteiger partial charge is 0.365 e. The molecular formula is C13H22ClN3. The van der Waals surface area contributed by atoms with Crippen molar-refractivity contribution < 1.29 is 0 Å². The zero-order valence-electron chi connectivity index (χ0n) is 11.1. The number of rotatable bonds is 5. The molecule has 0 saturated heterocycles. The van der Waals surface area contributed by atoms with Crippen LogP contribution in [0.15, 0.2) is 12.3 Å². The van der Waals surface area contributed by atoms with Crippen LogP contribution < -0.4 is 10.6 Å². The molecule has 1 aromatic heterocycles. The number of hydrogen-bond acceptors (Lipinski definition) is 3. The Labute approximate surface area is 109 Å². The van der Waals surface area contributed by atoms with Crippen molar-refractivity contribution in [3.05, 3.63) is 22.8 Å². The normalized spacial score (nSPS) is 11.6. The van der Waals surface area contributed by atoms with E-state index in [9.17, 15) is 0 Å². The van der Waals surface area contributed by atoms with Gasteiger partial charge in [-0.25, -0.2) is 4.98 Å². The Morgan fingerprint density at radius 1 is 1.35 bits per heavy atom. The highest BCUT2D eigenvalue weighted by Crippen LogP contribution is 2.20. The van der Waals surface area contributed by atoms with Crippen molar-refractivity contribution in [1.82, 2.24) is 10.3 Å². The average Bonchev–Trinajstić information content (AvgIpc) is 2.21. The van der Waals surface area contributed by atoms with Crippen LogP contribution in [0.1, 0.15) is 39.7 Å². The molecule has 0 amide bonds. The van der Waals surface area contributed by atoms with Crippen LogP contribution in [-0.2, 0) is 6.54 Å². The van der Waals surface area contributed by atoms with Gasteiger partial charge in [-0.15, -0.1) is 0 Å².